The zero-order chi connectivity index (χ0) is 14.9. The summed E-state index contributed by atoms with van der Waals surface area (Å²) in [6.45, 7) is 1.79. The molecular formula is C14H10Cl3NO2. The number of aromatic hydroxyl groups is 1. The average molecular weight is 331 g/mol. The second-order valence-corrected chi connectivity index (χ2v) is 5.48. The Balaban J connectivity index is 2.35. The first-order valence-corrected chi connectivity index (χ1v) is 6.77. The quantitative estimate of drug-likeness (QED) is 0.768. The van der Waals surface area contributed by atoms with Crippen LogP contribution in [-0.2, 0) is 0 Å². The van der Waals surface area contributed by atoms with E-state index in [2.05, 4.69) is 5.32 Å². The van der Waals surface area contributed by atoms with Gasteiger partial charge in [0.2, 0.25) is 0 Å². The minimum Gasteiger partial charge on any atom is -0.504 e. The number of hydrogen-bond donors (Lipinski definition) is 2. The summed E-state index contributed by atoms with van der Waals surface area (Å²) in [4.78, 5) is 12.2. The number of halogens is 3. The predicted octanol–water partition coefficient (Wildman–Crippen LogP) is 4.91. The number of aryl methyl sites for hydroxylation is 1. The van der Waals surface area contributed by atoms with E-state index >= 15 is 0 Å². The average Bonchev–Trinajstić information content (AvgIpc) is 2.38. The van der Waals surface area contributed by atoms with Gasteiger partial charge in [-0.1, -0.05) is 40.9 Å². The summed E-state index contributed by atoms with van der Waals surface area (Å²) in [6.07, 6.45) is 0. The van der Waals surface area contributed by atoms with Gasteiger partial charge in [0.15, 0.2) is 5.75 Å². The summed E-state index contributed by atoms with van der Waals surface area (Å²) >= 11 is 17.5. The number of hydrogen-bond acceptors (Lipinski definition) is 2. The SMILES string of the molecule is Cc1ccc(Cl)cc1C(=O)Nc1cc(Cl)cc(Cl)c1O. The normalized spacial score (nSPS) is 10.4. The number of benzene rings is 2. The van der Waals surface area contributed by atoms with Crippen molar-refractivity contribution in [3.63, 3.8) is 0 Å². The summed E-state index contributed by atoms with van der Waals surface area (Å²) < 4.78 is 0. The number of amides is 1. The molecule has 0 bridgehead atoms. The predicted molar refractivity (Wildman–Crippen MR) is 82.3 cm³/mol. The fourth-order valence-electron chi connectivity index (χ4n) is 1.69. The molecule has 0 saturated heterocycles. The highest BCUT2D eigenvalue weighted by Crippen LogP contribution is 2.35. The lowest BCUT2D eigenvalue weighted by Crippen LogP contribution is -2.13. The van der Waals surface area contributed by atoms with E-state index in [1.165, 1.54) is 12.1 Å². The lowest BCUT2D eigenvalue weighted by Gasteiger charge is -2.11. The summed E-state index contributed by atoms with van der Waals surface area (Å²) in [6, 6.07) is 7.79. The highest BCUT2D eigenvalue weighted by atomic mass is 35.5. The first-order chi connectivity index (χ1) is 9.38. The Hall–Kier alpha value is -1.42. The van der Waals surface area contributed by atoms with Gasteiger partial charge in [0.1, 0.15) is 0 Å². The smallest absolute Gasteiger partial charge is 0.256 e. The van der Waals surface area contributed by atoms with Crippen LogP contribution in [0.5, 0.6) is 5.75 Å². The number of rotatable bonds is 2. The van der Waals surface area contributed by atoms with E-state index < -0.39 is 5.91 Å². The number of phenols is 1. The van der Waals surface area contributed by atoms with Gasteiger partial charge in [0.25, 0.3) is 5.91 Å². The molecule has 0 radical (unpaired) electrons. The molecule has 6 heteroatoms. The third kappa shape index (κ3) is 3.18. The zero-order valence-corrected chi connectivity index (χ0v) is 12.6. The van der Waals surface area contributed by atoms with Crippen molar-refractivity contribution in [2.45, 2.75) is 6.92 Å². The molecule has 0 fully saturated rings. The number of anilines is 1. The van der Waals surface area contributed by atoms with Gasteiger partial charge in [0, 0.05) is 15.6 Å². The van der Waals surface area contributed by atoms with Crippen LogP contribution in [0.4, 0.5) is 5.69 Å². The molecule has 0 spiro atoms. The second kappa shape index (κ2) is 5.92. The van der Waals surface area contributed by atoms with Gasteiger partial charge in [-0.05, 0) is 36.8 Å². The molecule has 0 aliphatic carbocycles. The number of carbonyl (C=O) groups excluding carboxylic acids is 1. The minimum absolute atomic E-state index is 0.0654. The first kappa shape index (κ1) is 15.0. The molecule has 0 aliphatic rings. The highest BCUT2D eigenvalue weighted by Gasteiger charge is 2.14. The molecule has 0 atom stereocenters. The molecule has 20 heavy (non-hydrogen) atoms. The molecule has 2 aromatic rings. The van der Waals surface area contributed by atoms with Crippen LogP contribution in [-0.4, -0.2) is 11.0 Å². The molecule has 1 amide bonds. The van der Waals surface area contributed by atoms with Crippen LogP contribution in [0.25, 0.3) is 0 Å². The fourth-order valence-corrected chi connectivity index (χ4v) is 2.36. The minimum atomic E-state index is -0.404. The van der Waals surface area contributed by atoms with Crippen LogP contribution < -0.4 is 5.32 Å². The van der Waals surface area contributed by atoms with Crippen LogP contribution in [0, 0.1) is 6.92 Å². The van der Waals surface area contributed by atoms with Crippen LogP contribution in [0.15, 0.2) is 30.3 Å². The van der Waals surface area contributed by atoms with Crippen molar-refractivity contribution in [3.8, 4) is 5.75 Å². The van der Waals surface area contributed by atoms with Gasteiger partial charge >= 0.3 is 0 Å². The first-order valence-electron chi connectivity index (χ1n) is 5.64. The Morgan fingerprint density at radius 1 is 1.10 bits per heavy atom. The number of nitrogens with one attached hydrogen (secondary N) is 1. The molecule has 104 valence electrons. The maximum atomic E-state index is 12.2. The lowest BCUT2D eigenvalue weighted by atomic mass is 10.1. The zero-order valence-electron chi connectivity index (χ0n) is 10.4. The standard InChI is InChI=1S/C14H10Cl3NO2/c1-7-2-3-8(15)4-10(7)14(20)18-12-6-9(16)5-11(17)13(12)19/h2-6,19H,1H3,(H,18,20). The van der Waals surface area contributed by atoms with Crippen molar-refractivity contribution in [2.75, 3.05) is 5.32 Å². The van der Waals surface area contributed by atoms with E-state index in [1.54, 1.807) is 25.1 Å². The monoisotopic (exact) mass is 329 g/mol. The maximum absolute atomic E-state index is 12.2. The molecule has 0 saturated carbocycles. The lowest BCUT2D eigenvalue weighted by molar-refractivity contribution is 0.102. The summed E-state index contributed by atoms with van der Waals surface area (Å²) in [5, 5.41) is 13.2. The Bertz CT molecular complexity index is 686. The van der Waals surface area contributed by atoms with Crippen molar-refractivity contribution in [2.24, 2.45) is 0 Å². The molecule has 0 aliphatic heterocycles. The van der Waals surface area contributed by atoms with Crippen molar-refractivity contribution >= 4 is 46.4 Å². The third-order valence-electron chi connectivity index (χ3n) is 2.72. The molecule has 0 heterocycles. The fraction of sp³-hybridized carbons (Fsp3) is 0.0714. The van der Waals surface area contributed by atoms with E-state index in [-0.39, 0.29) is 16.5 Å². The van der Waals surface area contributed by atoms with Crippen molar-refractivity contribution in [3.05, 3.63) is 56.5 Å². The van der Waals surface area contributed by atoms with Gasteiger partial charge in [0.05, 0.1) is 10.7 Å². The van der Waals surface area contributed by atoms with Crippen LogP contribution in [0.2, 0.25) is 15.1 Å². The highest BCUT2D eigenvalue weighted by molar-refractivity contribution is 6.36. The van der Waals surface area contributed by atoms with Gasteiger partial charge in [-0.25, -0.2) is 0 Å². The molecule has 0 aromatic heterocycles. The van der Waals surface area contributed by atoms with E-state index in [9.17, 15) is 9.90 Å². The molecule has 2 aromatic carbocycles. The van der Waals surface area contributed by atoms with Crippen molar-refractivity contribution in [1.82, 2.24) is 0 Å². The van der Waals surface area contributed by atoms with Gasteiger partial charge < -0.3 is 10.4 Å². The largest absolute Gasteiger partial charge is 0.504 e. The second-order valence-electron chi connectivity index (χ2n) is 4.20. The van der Waals surface area contributed by atoms with E-state index in [0.717, 1.165) is 5.56 Å². The van der Waals surface area contributed by atoms with E-state index in [0.29, 0.717) is 15.6 Å². The van der Waals surface area contributed by atoms with Gasteiger partial charge in [-0.2, -0.15) is 0 Å². The Morgan fingerprint density at radius 3 is 2.50 bits per heavy atom. The topological polar surface area (TPSA) is 49.3 Å². The van der Waals surface area contributed by atoms with E-state index in [1.807, 2.05) is 0 Å². The summed E-state index contributed by atoms with van der Waals surface area (Å²) in [5.74, 6) is -0.636. The molecule has 3 nitrogen and oxygen atoms in total. The molecule has 2 rings (SSSR count). The van der Waals surface area contributed by atoms with Crippen LogP contribution >= 0.6 is 34.8 Å². The summed E-state index contributed by atoms with van der Waals surface area (Å²) in [5.41, 5.74) is 1.32. The molecule has 0 unspecified atom stereocenters. The van der Waals surface area contributed by atoms with Crippen LogP contribution in [0.1, 0.15) is 15.9 Å². The number of phenolic OH excluding ortho intramolecular Hbond substituents is 1. The Morgan fingerprint density at radius 2 is 1.80 bits per heavy atom. The third-order valence-corrected chi connectivity index (χ3v) is 3.46. The maximum Gasteiger partial charge on any atom is 0.256 e. The molecule has 2 N–H and O–H groups in total. The van der Waals surface area contributed by atoms with Gasteiger partial charge in [-0.15, -0.1) is 0 Å². The Kier molecular flexibility index (Phi) is 4.43. The van der Waals surface area contributed by atoms with Crippen molar-refractivity contribution < 1.29 is 9.90 Å². The van der Waals surface area contributed by atoms with E-state index in [4.69, 9.17) is 34.8 Å². The van der Waals surface area contributed by atoms with Gasteiger partial charge in [-0.3, -0.25) is 4.79 Å². The molecular weight excluding hydrogens is 321 g/mol. The summed E-state index contributed by atoms with van der Waals surface area (Å²) in [7, 11) is 0. The number of carbonyl (C=O) groups is 1. The van der Waals surface area contributed by atoms with Crippen molar-refractivity contribution in [1.29, 1.82) is 0 Å². The Labute approximate surface area is 131 Å². The van der Waals surface area contributed by atoms with Crippen LogP contribution in [0.3, 0.4) is 0 Å².